The highest BCUT2D eigenvalue weighted by molar-refractivity contribution is 5.99. The summed E-state index contributed by atoms with van der Waals surface area (Å²) in [4.78, 5) is 16.4. The molecule has 1 aromatic heterocycles. The average Bonchev–Trinajstić information content (AvgIpc) is 2.46. The third kappa shape index (κ3) is 3.73. The van der Waals surface area contributed by atoms with Gasteiger partial charge in [-0.25, -0.2) is 0 Å². The van der Waals surface area contributed by atoms with Crippen LogP contribution in [0.25, 0.3) is 0 Å². The standard InChI is InChI=1S/C16H18N2O/c1-12-6-8-14(9-7-12)16(19)13(2)18-11-15-5-3-4-10-17-15/h3-10,13,18H,11H2,1-2H3. The van der Waals surface area contributed by atoms with Crippen LogP contribution in [0.3, 0.4) is 0 Å². The molecule has 1 atom stereocenters. The molecule has 0 aliphatic carbocycles. The third-order valence-electron chi connectivity index (χ3n) is 3.04. The Labute approximate surface area is 113 Å². The third-order valence-corrected chi connectivity index (χ3v) is 3.04. The van der Waals surface area contributed by atoms with Gasteiger partial charge in [0.1, 0.15) is 0 Å². The number of carbonyl (C=O) groups excluding carboxylic acids is 1. The Hall–Kier alpha value is -2.00. The number of nitrogens with zero attached hydrogens (tertiary/aromatic N) is 1. The number of ketones is 1. The van der Waals surface area contributed by atoms with Crippen LogP contribution in [0.5, 0.6) is 0 Å². The fourth-order valence-electron chi connectivity index (χ4n) is 1.82. The van der Waals surface area contributed by atoms with Gasteiger partial charge < -0.3 is 5.32 Å². The summed E-state index contributed by atoms with van der Waals surface area (Å²) in [7, 11) is 0. The highest BCUT2D eigenvalue weighted by Crippen LogP contribution is 2.06. The number of rotatable bonds is 5. The molecule has 0 aliphatic rings. The molecule has 0 aliphatic heterocycles. The molecule has 0 spiro atoms. The molecule has 98 valence electrons. The van der Waals surface area contributed by atoms with Gasteiger partial charge in [-0.05, 0) is 26.0 Å². The lowest BCUT2D eigenvalue weighted by Gasteiger charge is -2.12. The van der Waals surface area contributed by atoms with E-state index in [9.17, 15) is 4.79 Å². The zero-order valence-corrected chi connectivity index (χ0v) is 11.3. The van der Waals surface area contributed by atoms with Crippen LogP contribution in [0.1, 0.15) is 28.5 Å². The van der Waals surface area contributed by atoms with Crippen LogP contribution in [0.4, 0.5) is 0 Å². The Morgan fingerprint density at radius 2 is 1.95 bits per heavy atom. The monoisotopic (exact) mass is 254 g/mol. The van der Waals surface area contributed by atoms with Crippen molar-refractivity contribution in [1.29, 1.82) is 0 Å². The fraction of sp³-hybridized carbons (Fsp3) is 0.250. The summed E-state index contributed by atoms with van der Waals surface area (Å²) >= 11 is 0. The molecule has 0 saturated heterocycles. The van der Waals surface area contributed by atoms with Crippen molar-refractivity contribution in [3.05, 3.63) is 65.5 Å². The predicted molar refractivity (Wildman–Crippen MR) is 76.0 cm³/mol. The maximum Gasteiger partial charge on any atom is 0.179 e. The van der Waals surface area contributed by atoms with Crippen LogP contribution in [-0.4, -0.2) is 16.8 Å². The molecule has 1 N–H and O–H groups in total. The molecular formula is C16H18N2O. The van der Waals surface area contributed by atoms with Crippen molar-refractivity contribution in [2.75, 3.05) is 0 Å². The molecule has 0 saturated carbocycles. The van der Waals surface area contributed by atoms with E-state index in [1.165, 1.54) is 0 Å². The lowest BCUT2D eigenvalue weighted by Crippen LogP contribution is -2.33. The Bertz CT molecular complexity index is 534. The van der Waals surface area contributed by atoms with Crippen LogP contribution >= 0.6 is 0 Å². The van der Waals surface area contributed by atoms with E-state index in [0.29, 0.717) is 6.54 Å². The quantitative estimate of drug-likeness (QED) is 0.834. The van der Waals surface area contributed by atoms with Crippen LogP contribution in [-0.2, 0) is 6.54 Å². The Morgan fingerprint density at radius 3 is 2.58 bits per heavy atom. The van der Waals surface area contributed by atoms with Crippen LogP contribution in [0.2, 0.25) is 0 Å². The normalized spacial score (nSPS) is 12.1. The number of hydrogen-bond donors (Lipinski definition) is 1. The van der Waals surface area contributed by atoms with Gasteiger partial charge in [-0.3, -0.25) is 9.78 Å². The lowest BCUT2D eigenvalue weighted by molar-refractivity contribution is 0.0950. The second kappa shape index (κ2) is 6.25. The lowest BCUT2D eigenvalue weighted by atomic mass is 10.0. The number of aryl methyl sites for hydroxylation is 1. The maximum absolute atomic E-state index is 12.2. The summed E-state index contributed by atoms with van der Waals surface area (Å²) in [6, 6.07) is 13.2. The molecular weight excluding hydrogens is 236 g/mol. The molecule has 0 bridgehead atoms. The number of hydrogen-bond acceptors (Lipinski definition) is 3. The SMILES string of the molecule is Cc1ccc(C(=O)C(C)NCc2ccccn2)cc1. The molecule has 3 nitrogen and oxygen atoms in total. The predicted octanol–water partition coefficient (Wildman–Crippen LogP) is 2.75. The van der Waals surface area contributed by atoms with Crippen molar-refractivity contribution in [3.8, 4) is 0 Å². The van der Waals surface area contributed by atoms with Crippen molar-refractivity contribution in [3.63, 3.8) is 0 Å². The zero-order valence-electron chi connectivity index (χ0n) is 11.3. The van der Waals surface area contributed by atoms with Crippen molar-refractivity contribution in [1.82, 2.24) is 10.3 Å². The van der Waals surface area contributed by atoms with E-state index in [1.54, 1.807) is 6.20 Å². The van der Waals surface area contributed by atoms with E-state index in [2.05, 4.69) is 10.3 Å². The van der Waals surface area contributed by atoms with Gasteiger partial charge in [0.2, 0.25) is 0 Å². The van der Waals surface area contributed by atoms with Crippen molar-refractivity contribution in [2.45, 2.75) is 26.4 Å². The van der Waals surface area contributed by atoms with Gasteiger partial charge in [0.15, 0.2) is 5.78 Å². The van der Waals surface area contributed by atoms with E-state index < -0.39 is 0 Å². The fourth-order valence-corrected chi connectivity index (χ4v) is 1.82. The van der Waals surface area contributed by atoms with E-state index in [-0.39, 0.29) is 11.8 Å². The van der Waals surface area contributed by atoms with Gasteiger partial charge in [0, 0.05) is 18.3 Å². The first-order valence-electron chi connectivity index (χ1n) is 6.41. The molecule has 0 amide bonds. The topological polar surface area (TPSA) is 42.0 Å². The van der Waals surface area contributed by atoms with Crippen LogP contribution in [0, 0.1) is 6.92 Å². The summed E-state index contributed by atoms with van der Waals surface area (Å²) in [6.07, 6.45) is 1.75. The van der Waals surface area contributed by atoms with Gasteiger partial charge in [-0.2, -0.15) is 0 Å². The molecule has 1 heterocycles. The van der Waals surface area contributed by atoms with E-state index in [4.69, 9.17) is 0 Å². The van der Waals surface area contributed by atoms with E-state index >= 15 is 0 Å². The summed E-state index contributed by atoms with van der Waals surface area (Å²) in [5.41, 5.74) is 2.84. The maximum atomic E-state index is 12.2. The first-order valence-corrected chi connectivity index (χ1v) is 6.41. The van der Waals surface area contributed by atoms with Crippen molar-refractivity contribution < 1.29 is 4.79 Å². The van der Waals surface area contributed by atoms with Crippen LogP contribution < -0.4 is 5.32 Å². The number of aromatic nitrogens is 1. The zero-order chi connectivity index (χ0) is 13.7. The highest BCUT2D eigenvalue weighted by Gasteiger charge is 2.14. The van der Waals surface area contributed by atoms with Crippen molar-refractivity contribution in [2.24, 2.45) is 0 Å². The molecule has 3 heteroatoms. The number of benzene rings is 1. The average molecular weight is 254 g/mol. The van der Waals surface area contributed by atoms with Gasteiger partial charge in [0.25, 0.3) is 0 Å². The molecule has 0 radical (unpaired) electrons. The number of carbonyl (C=O) groups is 1. The molecule has 19 heavy (non-hydrogen) atoms. The first-order chi connectivity index (χ1) is 9.16. The Morgan fingerprint density at radius 1 is 1.21 bits per heavy atom. The smallest absolute Gasteiger partial charge is 0.179 e. The van der Waals surface area contributed by atoms with Crippen molar-refractivity contribution >= 4 is 5.78 Å². The molecule has 2 rings (SSSR count). The van der Waals surface area contributed by atoms with Gasteiger partial charge in [-0.1, -0.05) is 35.9 Å². The number of nitrogens with one attached hydrogen (secondary N) is 1. The van der Waals surface area contributed by atoms with Gasteiger partial charge >= 0.3 is 0 Å². The van der Waals surface area contributed by atoms with Crippen LogP contribution in [0.15, 0.2) is 48.7 Å². The van der Waals surface area contributed by atoms with E-state index in [1.807, 2.05) is 56.3 Å². The summed E-state index contributed by atoms with van der Waals surface area (Å²) in [5.74, 6) is 0.107. The Balaban J connectivity index is 1.94. The van der Waals surface area contributed by atoms with Gasteiger partial charge in [0.05, 0.1) is 11.7 Å². The summed E-state index contributed by atoms with van der Waals surface area (Å²) < 4.78 is 0. The minimum absolute atomic E-state index is 0.107. The number of pyridine rings is 1. The first kappa shape index (κ1) is 13.4. The van der Waals surface area contributed by atoms with E-state index in [0.717, 1.165) is 16.8 Å². The Kier molecular flexibility index (Phi) is 4.42. The summed E-state index contributed by atoms with van der Waals surface area (Å²) in [6.45, 7) is 4.49. The minimum atomic E-state index is -0.218. The minimum Gasteiger partial charge on any atom is -0.302 e. The number of Topliss-reactive ketones (excluding diaryl/α,β-unsaturated/α-hetero) is 1. The second-order valence-corrected chi connectivity index (χ2v) is 4.65. The summed E-state index contributed by atoms with van der Waals surface area (Å²) in [5, 5.41) is 3.20. The largest absolute Gasteiger partial charge is 0.302 e. The molecule has 1 unspecified atom stereocenters. The second-order valence-electron chi connectivity index (χ2n) is 4.65. The molecule has 2 aromatic rings. The molecule has 0 fully saturated rings. The highest BCUT2D eigenvalue weighted by atomic mass is 16.1. The van der Waals surface area contributed by atoms with Gasteiger partial charge in [-0.15, -0.1) is 0 Å². The molecule has 1 aromatic carbocycles.